The molecule has 0 aliphatic carbocycles. The molecule has 0 fully saturated rings. The van der Waals surface area contributed by atoms with Gasteiger partial charge in [0.25, 0.3) is 0 Å². The number of rotatable bonds is 8. The molecule has 5 nitrogen and oxygen atoms in total. The molecule has 1 atom stereocenters. The van der Waals surface area contributed by atoms with Gasteiger partial charge in [0.1, 0.15) is 0 Å². The van der Waals surface area contributed by atoms with Crippen molar-refractivity contribution in [2.45, 2.75) is 13.0 Å². The smallest absolute Gasteiger partial charge is 0.0992 e. The van der Waals surface area contributed by atoms with Crippen LogP contribution >= 0.6 is 0 Å². The Hall–Kier alpha value is -1.61. The van der Waals surface area contributed by atoms with Crippen molar-refractivity contribution in [1.82, 2.24) is 0 Å². The molecule has 0 aliphatic heterocycles. The summed E-state index contributed by atoms with van der Waals surface area (Å²) in [5.74, 6) is 0. The number of benzene rings is 1. The lowest BCUT2D eigenvalue weighted by atomic mass is 10.1. The molecule has 0 spiro atoms. The molecule has 0 bridgehead atoms. The maximum Gasteiger partial charge on any atom is 0.0992 e. The first-order valence-electron chi connectivity index (χ1n) is 6.16. The van der Waals surface area contributed by atoms with E-state index in [4.69, 9.17) is 14.7 Å². The van der Waals surface area contributed by atoms with Crippen molar-refractivity contribution in [3.63, 3.8) is 0 Å². The van der Waals surface area contributed by atoms with Gasteiger partial charge < -0.3 is 19.9 Å². The van der Waals surface area contributed by atoms with E-state index in [1.807, 2.05) is 13.0 Å². The van der Waals surface area contributed by atoms with Crippen LogP contribution in [0.2, 0.25) is 0 Å². The van der Waals surface area contributed by atoms with Crippen LogP contribution in [0.1, 0.15) is 11.1 Å². The summed E-state index contributed by atoms with van der Waals surface area (Å²) in [5, 5.41) is 21.7. The summed E-state index contributed by atoms with van der Waals surface area (Å²) in [5.41, 5.74) is 2.49. The number of nitrogens with zero attached hydrogens (tertiary/aromatic N) is 1. The lowest BCUT2D eigenvalue weighted by Crippen LogP contribution is -2.25. The van der Waals surface area contributed by atoms with Crippen LogP contribution in [0.25, 0.3) is 0 Å². The van der Waals surface area contributed by atoms with E-state index in [0.717, 1.165) is 11.3 Å². The van der Waals surface area contributed by atoms with E-state index < -0.39 is 6.10 Å². The minimum absolute atomic E-state index is 0.257. The van der Waals surface area contributed by atoms with Crippen LogP contribution in [-0.4, -0.2) is 44.7 Å². The number of aliphatic hydroxyl groups excluding tert-OH is 1. The molecular formula is C14H20N2O3. The van der Waals surface area contributed by atoms with Crippen molar-refractivity contribution >= 4 is 5.69 Å². The van der Waals surface area contributed by atoms with Crippen molar-refractivity contribution in [3.05, 3.63) is 29.3 Å². The zero-order valence-corrected chi connectivity index (χ0v) is 11.3. The third-order valence-corrected chi connectivity index (χ3v) is 2.64. The minimum Gasteiger partial charge on any atom is -0.389 e. The van der Waals surface area contributed by atoms with Crippen molar-refractivity contribution in [3.8, 4) is 6.07 Å². The van der Waals surface area contributed by atoms with E-state index in [0.29, 0.717) is 25.3 Å². The van der Waals surface area contributed by atoms with Gasteiger partial charge in [-0.15, -0.1) is 0 Å². The highest BCUT2D eigenvalue weighted by molar-refractivity contribution is 5.55. The van der Waals surface area contributed by atoms with E-state index >= 15 is 0 Å². The van der Waals surface area contributed by atoms with Gasteiger partial charge in [-0.25, -0.2) is 0 Å². The van der Waals surface area contributed by atoms with Crippen molar-refractivity contribution in [2.24, 2.45) is 0 Å². The van der Waals surface area contributed by atoms with Crippen molar-refractivity contribution in [2.75, 3.05) is 38.8 Å². The fourth-order valence-corrected chi connectivity index (χ4v) is 1.53. The van der Waals surface area contributed by atoms with E-state index in [1.165, 1.54) is 0 Å². The van der Waals surface area contributed by atoms with Crippen molar-refractivity contribution < 1.29 is 14.6 Å². The van der Waals surface area contributed by atoms with Gasteiger partial charge in [-0.05, 0) is 24.6 Å². The summed E-state index contributed by atoms with van der Waals surface area (Å²) in [6.07, 6.45) is -0.595. The molecule has 19 heavy (non-hydrogen) atoms. The lowest BCUT2D eigenvalue weighted by molar-refractivity contribution is 0.0182. The molecule has 1 aromatic carbocycles. The van der Waals surface area contributed by atoms with Gasteiger partial charge in [0, 0.05) is 19.3 Å². The Kier molecular flexibility index (Phi) is 6.90. The standard InChI is InChI=1S/C14H20N2O3/c1-11-3-4-12(8-15)7-14(11)16-9-13(17)10-19-6-5-18-2/h3-4,7,13,16-17H,5-6,9-10H2,1-2H3. The van der Waals surface area contributed by atoms with Crippen LogP contribution < -0.4 is 5.32 Å². The van der Waals surface area contributed by atoms with Crippen LogP contribution in [0.3, 0.4) is 0 Å². The highest BCUT2D eigenvalue weighted by Crippen LogP contribution is 2.16. The number of anilines is 1. The van der Waals surface area contributed by atoms with Gasteiger partial charge >= 0.3 is 0 Å². The number of nitriles is 1. The molecule has 1 rings (SSSR count). The molecule has 1 unspecified atom stereocenters. The molecule has 2 N–H and O–H groups in total. The number of methoxy groups -OCH3 is 1. The largest absolute Gasteiger partial charge is 0.389 e. The molecule has 0 radical (unpaired) electrons. The maximum atomic E-state index is 9.73. The summed E-state index contributed by atoms with van der Waals surface area (Å²) in [6.45, 7) is 3.57. The topological polar surface area (TPSA) is 74.5 Å². The number of nitrogens with one attached hydrogen (secondary N) is 1. The highest BCUT2D eigenvalue weighted by Gasteiger charge is 2.06. The Morgan fingerprint density at radius 3 is 2.89 bits per heavy atom. The molecule has 1 aromatic rings. The van der Waals surface area contributed by atoms with Gasteiger partial charge in [-0.1, -0.05) is 6.07 Å². The number of aliphatic hydroxyl groups is 1. The van der Waals surface area contributed by atoms with Gasteiger partial charge in [0.05, 0.1) is 37.6 Å². The lowest BCUT2D eigenvalue weighted by Gasteiger charge is -2.14. The normalized spacial score (nSPS) is 11.9. The molecular weight excluding hydrogens is 244 g/mol. The fourth-order valence-electron chi connectivity index (χ4n) is 1.53. The van der Waals surface area contributed by atoms with Crippen LogP contribution in [0.4, 0.5) is 5.69 Å². The van der Waals surface area contributed by atoms with E-state index in [9.17, 15) is 5.11 Å². The molecule has 104 valence electrons. The Morgan fingerprint density at radius 2 is 2.21 bits per heavy atom. The summed E-state index contributed by atoms with van der Waals surface area (Å²) in [6, 6.07) is 7.51. The second-order valence-corrected chi connectivity index (χ2v) is 4.24. The fraction of sp³-hybridized carbons (Fsp3) is 0.500. The van der Waals surface area contributed by atoms with Crippen molar-refractivity contribution in [1.29, 1.82) is 5.26 Å². The molecule has 0 aromatic heterocycles. The first-order chi connectivity index (χ1) is 9.17. The minimum atomic E-state index is -0.595. The number of aryl methyl sites for hydroxylation is 1. The Bertz CT molecular complexity index is 429. The average Bonchev–Trinajstić information content (AvgIpc) is 2.43. The number of hydrogen-bond acceptors (Lipinski definition) is 5. The molecule has 5 heteroatoms. The Morgan fingerprint density at radius 1 is 1.42 bits per heavy atom. The van der Waals surface area contributed by atoms with E-state index in [-0.39, 0.29) is 6.61 Å². The highest BCUT2D eigenvalue weighted by atomic mass is 16.5. The summed E-state index contributed by atoms with van der Waals surface area (Å²) >= 11 is 0. The first kappa shape index (κ1) is 15.4. The molecule has 0 aliphatic rings. The van der Waals surface area contributed by atoms with Gasteiger partial charge in [-0.2, -0.15) is 5.26 Å². The predicted molar refractivity (Wildman–Crippen MR) is 73.1 cm³/mol. The average molecular weight is 264 g/mol. The number of ether oxygens (including phenoxy) is 2. The van der Waals surface area contributed by atoms with Gasteiger partial charge in [-0.3, -0.25) is 0 Å². The Labute approximate surface area is 113 Å². The number of hydrogen-bond donors (Lipinski definition) is 2. The second kappa shape index (κ2) is 8.48. The monoisotopic (exact) mass is 264 g/mol. The van der Waals surface area contributed by atoms with E-state index in [1.54, 1.807) is 19.2 Å². The maximum absolute atomic E-state index is 9.73. The molecule has 0 saturated heterocycles. The third-order valence-electron chi connectivity index (χ3n) is 2.64. The third kappa shape index (κ3) is 5.71. The van der Waals surface area contributed by atoms with Crippen LogP contribution in [0.15, 0.2) is 18.2 Å². The zero-order chi connectivity index (χ0) is 14.1. The van der Waals surface area contributed by atoms with E-state index in [2.05, 4.69) is 11.4 Å². The zero-order valence-electron chi connectivity index (χ0n) is 11.3. The SMILES string of the molecule is COCCOCC(O)CNc1cc(C#N)ccc1C. The molecule has 0 amide bonds. The van der Waals surface area contributed by atoms with Crippen LogP contribution in [0.5, 0.6) is 0 Å². The summed E-state index contributed by atoms with van der Waals surface area (Å²) in [7, 11) is 1.60. The summed E-state index contributed by atoms with van der Waals surface area (Å²) in [4.78, 5) is 0. The summed E-state index contributed by atoms with van der Waals surface area (Å²) < 4.78 is 10.1. The second-order valence-electron chi connectivity index (χ2n) is 4.24. The quantitative estimate of drug-likeness (QED) is 0.692. The van der Waals surface area contributed by atoms with Gasteiger partial charge in [0.2, 0.25) is 0 Å². The molecule has 0 saturated carbocycles. The Balaban J connectivity index is 2.37. The van der Waals surface area contributed by atoms with Crippen LogP contribution in [0, 0.1) is 18.3 Å². The van der Waals surface area contributed by atoms with Crippen LogP contribution in [-0.2, 0) is 9.47 Å². The van der Waals surface area contributed by atoms with Gasteiger partial charge in [0.15, 0.2) is 0 Å². The predicted octanol–water partition coefficient (Wildman–Crippen LogP) is 1.30. The molecule has 0 heterocycles. The first-order valence-corrected chi connectivity index (χ1v) is 6.16.